The molecule has 164 valence electrons. The van der Waals surface area contributed by atoms with Crippen LogP contribution in [-0.2, 0) is 11.2 Å². The number of aliphatic imine (C=N–C) groups is 1. The highest BCUT2D eigenvalue weighted by Gasteiger charge is 2.22. The van der Waals surface area contributed by atoms with Gasteiger partial charge in [-0.3, -0.25) is 4.79 Å². The van der Waals surface area contributed by atoms with Crippen molar-refractivity contribution in [1.29, 1.82) is 0 Å². The van der Waals surface area contributed by atoms with Gasteiger partial charge in [-0.05, 0) is 49.1 Å². The van der Waals surface area contributed by atoms with Crippen LogP contribution in [0.3, 0.4) is 0 Å². The fourth-order valence-corrected chi connectivity index (χ4v) is 3.40. The van der Waals surface area contributed by atoms with E-state index in [1.165, 1.54) is 0 Å². The van der Waals surface area contributed by atoms with E-state index in [0.717, 1.165) is 42.7 Å². The van der Waals surface area contributed by atoms with Crippen LogP contribution in [0, 0.1) is 0 Å². The van der Waals surface area contributed by atoms with E-state index in [0.29, 0.717) is 42.5 Å². The number of halogens is 1. The molecule has 0 bridgehead atoms. The molecule has 2 aliphatic rings. The third kappa shape index (κ3) is 6.79. The summed E-state index contributed by atoms with van der Waals surface area (Å²) < 4.78 is 11.5. The van der Waals surface area contributed by atoms with Crippen molar-refractivity contribution in [1.82, 2.24) is 10.6 Å². The molecular formula is C23H27ClN4O3. The number of nitrogens with one attached hydrogen (secondary N) is 3. The van der Waals surface area contributed by atoms with Gasteiger partial charge in [-0.2, -0.15) is 0 Å². The van der Waals surface area contributed by atoms with Crippen LogP contribution in [0.5, 0.6) is 11.5 Å². The monoisotopic (exact) mass is 442 g/mol. The Labute approximate surface area is 187 Å². The number of carbonyl (C=O) groups excluding carboxylic acids is 1. The molecule has 7 nitrogen and oxygen atoms in total. The summed E-state index contributed by atoms with van der Waals surface area (Å²) in [6.45, 7) is 1.97. The highest BCUT2D eigenvalue weighted by atomic mass is 35.5. The molecule has 0 saturated heterocycles. The third-order valence-corrected chi connectivity index (χ3v) is 5.16. The van der Waals surface area contributed by atoms with Crippen molar-refractivity contribution in [3.8, 4) is 11.5 Å². The van der Waals surface area contributed by atoms with Crippen molar-refractivity contribution in [2.45, 2.75) is 31.7 Å². The van der Waals surface area contributed by atoms with Gasteiger partial charge in [0, 0.05) is 35.8 Å². The second-order valence-corrected chi connectivity index (χ2v) is 8.09. The second kappa shape index (κ2) is 10.4. The van der Waals surface area contributed by atoms with Crippen molar-refractivity contribution >= 4 is 29.2 Å². The average Bonchev–Trinajstić information content (AvgIpc) is 3.58. The molecule has 0 atom stereocenters. The highest BCUT2D eigenvalue weighted by molar-refractivity contribution is 6.30. The van der Waals surface area contributed by atoms with E-state index in [4.69, 9.17) is 21.1 Å². The van der Waals surface area contributed by atoms with E-state index in [9.17, 15) is 4.79 Å². The van der Waals surface area contributed by atoms with Crippen molar-refractivity contribution in [3.05, 3.63) is 53.1 Å². The second-order valence-electron chi connectivity index (χ2n) is 7.65. The Morgan fingerprint density at radius 3 is 2.74 bits per heavy atom. The number of hydrogen-bond donors (Lipinski definition) is 3. The number of fused-ring (bicyclic) bond motifs is 1. The molecule has 1 fully saturated rings. The molecule has 1 saturated carbocycles. The highest BCUT2D eigenvalue weighted by Crippen LogP contribution is 2.32. The summed E-state index contributed by atoms with van der Waals surface area (Å²) in [6.07, 6.45) is 3.73. The Morgan fingerprint density at radius 2 is 1.94 bits per heavy atom. The number of benzene rings is 2. The zero-order chi connectivity index (χ0) is 21.5. The number of guanidine groups is 1. The van der Waals surface area contributed by atoms with E-state index < -0.39 is 0 Å². The number of nitrogens with zero attached hydrogens (tertiary/aromatic N) is 1. The molecule has 0 spiro atoms. The number of amides is 1. The predicted molar refractivity (Wildman–Crippen MR) is 122 cm³/mol. The zero-order valence-corrected chi connectivity index (χ0v) is 18.1. The van der Waals surface area contributed by atoms with Crippen molar-refractivity contribution in [2.75, 3.05) is 31.6 Å². The van der Waals surface area contributed by atoms with Gasteiger partial charge in [-0.1, -0.05) is 23.7 Å². The molecule has 1 amide bonds. The van der Waals surface area contributed by atoms with E-state index in [1.807, 2.05) is 42.5 Å². The first kappa shape index (κ1) is 21.3. The summed E-state index contributed by atoms with van der Waals surface area (Å²) in [5.74, 6) is 1.89. The largest absolute Gasteiger partial charge is 0.490 e. The fraction of sp³-hybridized carbons (Fsp3) is 0.391. The first-order valence-corrected chi connectivity index (χ1v) is 11.0. The normalized spacial score (nSPS) is 15.7. The lowest BCUT2D eigenvalue weighted by atomic mass is 10.1. The molecule has 1 aliphatic heterocycles. The molecular weight excluding hydrogens is 416 g/mol. The minimum Gasteiger partial charge on any atom is -0.490 e. The van der Waals surface area contributed by atoms with Crippen LogP contribution in [0.15, 0.2) is 47.5 Å². The molecule has 4 rings (SSSR count). The van der Waals surface area contributed by atoms with Gasteiger partial charge in [-0.25, -0.2) is 4.99 Å². The smallest absolute Gasteiger partial charge is 0.242 e. The quantitative estimate of drug-likeness (QED) is 0.452. The summed E-state index contributed by atoms with van der Waals surface area (Å²) in [6, 6.07) is 13.8. The van der Waals surface area contributed by atoms with Crippen LogP contribution >= 0.6 is 11.6 Å². The Morgan fingerprint density at radius 1 is 1.10 bits per heavy atom. The van der Waals surface area contributed by atoms with Crippen LogP contribution < -0.4 is 25.4 Å². The lowest BCUT2D eigenvalue weighted by Crippen LogP contribution is -2.35. The number of ether oxygens (including phenoxy) is 2. The number of hydrogen-bond acceptors (Lipinski definition) is 4. The van der Waals surface area contributed by atoms with Gasteiger partial charge < -0.3 is 25.4 Å². The molecule has 31 heavy (non-hydrogen) atoms. The molecule has 2 aromatic carbocycles. The van der Waals surface area contributed by atoms with Crippen LogP contribution in [0.4, 0.5) is 5.69 Å². The topological polar surface area (TPSA) is 84.0 Å². The van der Waals surface area contributed by atoms with Gasteiger partial charge >= 0.3 is 0 Å². The zero-order valence-electron chi connectivity index (χ0n) is 17.3. The van der Waals surface area contributed by atoms with E-state index in [2.05, 4.69) is 20.9 Å². The SMILES string of the molecule is O=C(CN=C(NCCc1cccc(Cl)c1)Nc1ccc2c(c1)OCCCO2)NC1CC1. The predicted octanol–water partition coefficient (Wildman–Crippen LogP) is 3.38. The summed E-state index contributed by atoms with van der Waals surface area (Å²) in [4.78, 5) is 16.6. The summed E-state index contributed by atoms with van der Waals surface area (Å²) in [7, 11) is 0. The van der Waals surface area contributed by atoms with Crippen LogP contribution in [-0.4, -0.2) is 44.2 Å². The molecule has 1 heterocycles. The number of carbonyl (C=O) groups is 1. The summed E-state index contributed by atoms with van der Waals surface area (Å²) in [5, 5.41) is 10.2. The van der Waals surface area contributed by atoms with Gasteiger partial charge in [-0.15, -0.1) is 0 Å². The maximum atomic E-state index is 12.1. The Kier molecular flexibility index (Phi) is 7.14. The lowest BCUT2D eigenvalue weighted by Gasteiger charge is -2.15. The van der Waals surface area contributed by atoms with Gasteiger partial charge in [0.25, 0.3) is 0 Å². The molecule has 8 heteroatoms. The first-order valence-electron chi connectivity index (χ1n) is 10.6. The summed E-state index contributed by atoms with van der Waals surface area (Å²) in [5.41, 5.74) is 1.93. The van der Waals surface area contributed by atoms with E-state index in [-0.39, 0.29) is 12.5 Å². The Balaban J connectivity index is 1.40. The molecule has 0 radical (unpaired) electrons. The minimum absolute atomic E-state index is 0.0630. The molecule has 0 aromatic heterocycles. The van der Waals surface area contributed by atoms with Crippen LogP contribution in [0.2, 0.25) is 5.02 Å². The lowest BCUT2D eigenvalue weighted by molar-refractivity contribution is -0.119. The molecule has 1 aliphatic carbocycles. The molecule has 0 unspecified atom stereocenters. The summed E-state index contributed by atoms with van der Waals surface area (Å²) >= 11 is 6.07. The Hall–Kier alpha value is -2.93. The van der Waals surface area contributed by atoms with Crippen LogP contribution in [0.1, 0.15) is 24.8 Å². The molecule has 2 aromatic rings. The Bertz CT molecular complexity index is 946. The third-order valence-electron chi connectivity index (χ3n) is 4.93. The van der Waals surface area contributed by atoms with Crippen molar-refractivity contribution in [2.24, 2.45) is 4.99 Å². The van der Waals surface area contributed by atoms with Crippen LogP contribution in [0.25, 0.3) is 0 Å². The van der Waals surface area contributed by atoms with Crippen molar-refractivity contribution in [3.63, 3.8) is 0 Å². The fourth-order valence-electron chi connectivity index (χ4n) is 3.19. The van der Waals surface area contributed by atoms with Gasteiger partial charge in [0.15, 0.2) is 17.5 Å². The average molecular weight is 443 g/mol. The van der Waals surface area contributed by atoms with Crippen molar-refractivity contribution < 1.29 is 14.3 Å². The first-order chi connectivity index (χ1) is 15.2. The number of anilines is 1. The maximum absolute atomic E-state index is 12.1. The number of rotatable bonds is 7. The van der Waals surface area contributed by atoms with E-state index in [1.54, 1.807) is 0 Å². The van der Waals surface area contributed by atoms with E-state index >= 15 is 0 Å². The molecule has 3 N–H and O–H groups in total. The minimum atomic E-state index is -0.0721. The van der Waals surface area contributed by atoms with Gasteiger partial charge in [0.1, 0.15) is 6.54 Å². The van der Waals surface area contributed by atoms with Gasteiger partial charge in [0.05, 0.1) is 13.2 Å². The standard InChI is InChI=1S/C23H27ClN4O3/c24-17-4-1-3-16(13-17)9-10-25-23(26-15-22(29)27-18-5-6-18)28-19-7-8-20-21(14-19)31-12-2-11-30-20/h1,3-4,7-8,13-14,18H,2,5-6,9-12,15H2,(H,27,29)(H2,25,26,28). The van der Waals surface area contributed by atoms with Gasteiger partial charge in [0.2, 0.25) is 5.91 Å². The maximum Gasteiger partial charge on any atom is 0.242 e.